The number of carbonyl (C=O) groups excluding carboxylic acids is 1. The van der Waals surface area contributed by atoms with Crippen molar-refractivity contribution in [2.75, 3.05) is 37.6 Å². The summed E-state index contributed by atoms with van der Waals surface area (Å²) in [6.07, 6.45) is -3.27. The van der Waals surface area contributed by atoms with E-state index < -0.39 is 22.2 Å². The van der Waals surface area contributed by atoms with Crippen molar-refractivity contribution in [3.05, 3.63) is 41.0 Å². The molecule has 1 aromatic carbocycles. The van der Waals surface area contributed by atoms with Gasteiger partial charge in [0.05, 0.1) is 0 Å². The lowest BCUT2D eigenvalue weighted by atomic mass is 10.2. The van der Waals surface area contributed by atoms with Crippen LogP contribution in [0.5, 0.6) is 0 Å². The molecule has 3 aromatic rings. The number of anilines is 1. The lowest BCUT2D eigenvalue weighted by Gasteiger charge is -2.35. The number of benzene rings is 1. The van der Waals surface area contributed by atoms with E-state index in [4.69, 9.17) is 9.90 Å². The third-order valence-electron chi connectivity index (χ3n) is 5.08. The Labute approximate surface area is 216 Å². The number of aliphatic carboxylic acids is 1. The maximum absolute atomic E-state index is 12.6. The number of sulfonamides is 1. The van der Waals surface area contributed by atoms with Crippen molar-refractivity contribution in [1.82, 2.24) is 24.9 Å². The minimum Gasteiger partial charge on any atom is -0.475 e. The van der Waals surface area contributed by atoms with Crippen LogP contribution in [-0.4, -0.2) is 84.5 Å². The third-order valence-corrected chi connectivity index (χ3v) is 7.04. The van der Waals surface area contributed by atoms with Crippen LogP contribution < -0.4 is 9.62 Å². The molecule has 2 aromatic heterocycles. The summed E-state index contributed by atoms with van der Waals surface area (Å²) in [5, 5.41) is 14.4. The highest BCUT2D eigenvalue weighted by Crippen LogP contribution is 2.20. The van der Waals surface area contributed by atoms with Crippen LogP contribution >= 0.6 is 15.9 Å². The van der Waals surface area contributed by atoms with E-state index in [1.807, 2.05) is 12.1 Å². The molecule has 0 aliphatic carbocycles. The molecule has 37 heavy (non-hydrogen) atoms. The molecule has 1 fully saturated rings. The van der Waals surface area contributed by atoms with Crippen molar-refractivity contribution in [3.63, 3.8) is 0 Å². The molecule has 1 aliphatic rings. The molecule has 0 saturated carbocycles. The van der Waals surface area contributed by atoms with Gasteiger partial charge in [0.1, 0.15) is 16.2 Å². The quantitative estimate of drug-likeness (QED) is 0.424. The fourth-order valence-electron chi connectivity index (χ4n) is 3.27. The number of aromatic nitrogens is 3. The van der Waals surface area contributed by atoms with Gasteiger partial charge in [-0.3, -0.25) is 4.79 Å². The number of carboxylic acids is 1. The molecule has 0 bridgehead atoms. The van der Waals surface area contributed by atoms with Crippen LogP contribution in [0.2, 0.25) is 0 Å². The number of alkyl halides is 3. The molecule has 0 unspecified atom stereocenters. The topological polar surface area (TPSA) is 159 Å². The van der Waals surface area contributed by atoms with Crippen molar-refractivity contribution in [1.29, 1.82) is 0 Å². The van der Waals surface area contributed by atoms with Gasteiger partial charge in [-0.15, -0.1) is 0 Å². The van der Waals surface area contributed by atoms with Crippen LogP contribution in [0.1, 0.15) is 6.42 Å². The highest BCUT2D eigenvalue weighted by Gasteiger charge is 2.38. The SMILES string of the molecule is O=C(CCNS(=O)(=O)c1cccc2nonc12)N1CCN(c2ccc(Br)cn2)CC1.O=C(O)C(F)(F)F. The second kappa shape index (κ2) is 11.8. The van der Waals surface area contributed by atoms with Crippen molar-refractivity contribution in [2.24, 2.45) is 0 Å². The van der Waals surface area contributed by atoms with Crippen LogP contribution in [0.15, 0.2) is 50.5 Å². The molecule has 17 heteroatoms. The van der Waals surface area contributed by atoms with Crippen molar-refractivity contribution in [3.8, 4) is 0 Å². The van der Waals surface area contributed by atoms with Crippen LogP contribution in [0.25, 0.3) is 11.0 Å². The van der Waals surface area contributed by atoms with E-state index in [0.29, 0.717) is 31.7 Å². The lowest BCUT2D eigenvalue weighted by Crippen LogP contribution is -2.49. The molecule has 0 spiro atoms. The first-order valence-corrected chi connectivity index (χ1v) is 12.8. The van der Waals surface area contributed by atoms with Gasteiger partial charge in [-0.25, -0.2) is 27.5 Å². The van der Waals surface area contributed by atoms with Crippen LogP contribution in [0, 0.1) is 0 Å². The Hall–Kier alpha value is -3.31. The number of hydrogen-bond acceptors (Lipinski definition) is 9. The number of halogens is 4. The first kappa shape index (κ1) is 28.3. The number of fused-ring (bicyclic) bond motifs is 1. The van der Waals surface area contributed by atoms with Gasteiger partial charge in [0.15, 0.2) is 5.52 Å². The smallest absolute Gasteiger partial charge is 0.475 e. The van der Waals surface area contributed by atoms with E-state index >= 15 is 0 Å². The van der Waals surface area contributed by atoms with Gasteiger partial charge in [0.25, 0.3) is 0 Å². The Balaban J connectivity index is 0.000000479. The number of amides is 1. The summed E-state index contributed by atoms with van der Waals surface area (Å²) in [5.41, 5.74) is 0.515. The molecule has 1 saturated heterocycles. The number of hydrogen-bond donors (Lipinski definition) is 2. The van der Waals surface area contributed by atoms with E-state index in [2.05, 4.69) is 45.5 Å². The van der Waals surface area contributed by atoms with Gasteiger partial charge >= 0.3 is 12.1 Å². The maximum atomic E-state index is 12.6. The minimum absolute atomic E-state index is 0.00266. The summed E-state index contributed by atoms with van der Waals surface area (Å²) in [6.45, 7) is 2.47. The first-order valence-electron chi connectivity index (χ1n) is 10.5. The predicted molar refractivity (Wildman–Crippen MR) is 126 cm³/mol. The van der Waals surface area contributed by atoms with E-state index in [9.17, 15) is 26.4 Å². The lowest BCUT2D eigenvalue weighted by molar-refractivity contribution is -0.192. The molecule has 1 aliphatic heterocycles. The Bertz CT molecular complexity index is 1340. The molecule has 1 amide bonds. The second-order valence-electron chi connectivity index (χ2n) is 7.54. The van der Waals surface area contributed by atoms with Gasteiger partial charge in [-0.2, -0.15) is 13.2 Å². The van der Waals surface area contributed by atoms with Crippen LogP contribution in [-0.2, 0) is 19.6 Å². The Kier molecular flexibility index (Phi) is 9.03. The normalized spacial score (nSPS) is 14.3. The summed E-state index contributed by atoms with van der Waals surface area (Å²) >= 11 is 3.37. The zero-order valence-electron chi connectivity index (χ0n) is 18.9. The molecule has 0 radical (unpaired) electrons. The number of nitrogens with zero attached hydrogens (tertiary/aromatic N) is 5. The summed E-state index contributed by atoms with van der Waals surface area (Å²) in [4.78, 5) is 29.6. The fraction of sp³-hybridized carbons (Fsp3) is 0.350. The molecule has 2 N–H and O–H groups in total. The van der Waals surface area contributed by atoms with Gasteiger partial charge < -0.3 is 14.9 Å². The molecular weight excluding hydrogens is 589 g/mol. The van der Waals surface area contributed by atoms with Crippen molar-refractivity contribution < 1.29 is 40.9 Å². The van der Waals surface area contributed by atoms with Crippen molar-refractivity contribution in [2.45, 2.75) is 17.5 Å². The van der Waals surface area contributed by atoms with E-state index in [1.165, 1.54) is 6.07 Å². The molecule has 3 heterocycles. The summed E-state index contributed by atoms with van der Waals surface area (Å²) < 4.78 is 64.8. The fourth-order valence-corrected chi connectivity index (χ4v) is 4.68. The largest absolute Gasteiger partial charge is 0.490 e. The highest BCUT2D eigenvalue weighted by atomic mass is 79.9. The summed E-state index contributed by atoms with van der Waals surface area (Å²) in [5.74, 6) is -1.98. The van der Waals surface area contributed by atoms with E-state index in [1.54, 1.807) is 23.2 Å². The van der Waals surface area contributed by atoms with Crippen molar-refractivity contribution >= 4 is 54.7 Å². The van der Waals surface area contributed by atoms with E-state index in [0.717, 1.165) is 10.3 Å². The Morgan fingerprint density at radius 1 is 1.11 bits per heavy atom. The van der Waals surface area contributed by atoms with Crippen LogP contribution in [0.4, 0.5) is 19.0 Å². The monoisotopic (exact) mass is 608 g/mol. The van der Waals surface area contributed by atoms with Gasteiger partial charge in [0.2, 0.25) is 15.9 Å². The van der Waals surface area contributed by atoms with Gasteiger partial charge in [-0.05, 0) is 50.5 Å². The second-order valence-corrected chi connectivity index (χ2v) is 10.2. The Morgan fingerprint density at radius 3 is 2.38 bits per heavy atom. The number of rotatable bonds is 6. The number of pyridine rings is 1. The van der Waals surface area contributed by atoms with Crippen LogP contribution in [0.3, 0.4) is 0 Å². The summed E-state index contributed by atoms with van der Waals surface area (Å²) in [7, 11) is -3.84. The maximum Gasteiger partial charge on any atom is 0.490 e. The molecule has 200 valence electrons. The average molecular weight is 609 g/mol. The molecule has 12 nitrogen and oxygen atoms in total. The highest BCUT2D eigenvalue weighted by molar-refractivity contribution is 9.10. The molecular formula is C20H20BrF3N6O6S. The molecule has 4 rings (SSSR count). The zero-order chi connectivity index (χ0) is 27.2. The number of carboxylic acid groups (broad SMARTS) is 1. The average Bonchev–Trinajstić information content (AvgIpc) is 3.33. The number of carbonyl (C=O) groups is 2. The van der Waals surface area contributed by atoms with Gasteiger partial charge in [0, 0.05) is 49.8 Å². The minimum atomic E-state index is -5.08. The zero-order valence-corrected chi connectivity index (χ0v) is 21.3. The third kappa shape index (κ3) is 7.59. The van der Waals surface area contributed by atoms with Gasteiger partial charge in [-0.1, -0.05) is 6.07 Å². The standard InChI is InChI=1S/C18H19BrN6O4S.C2HF3O2/c19-13-4-5-16(20-12-13)24-8-10-25(11-9-24)17(26)6-7-21-30(27,28)15-3-1-2-14-18(15)23-29-22-14;3-2(4,5)1(6)7/h1-5,12,21H,6-11H2;(H,6,7). The Morgan fingerprint density at radius 2 is 1.78 bits per heavy atom. The first-order chi connectivity index (χ1) is 17.4. The molecule has 0 atom stereocenters. The van der Waals surface area contributed by atoms with E-state index in [-0.39, 0.29) is 29.3 Å². The number of piperazine rings is 1. The predicted octanol–water partition coefficient (Wildman–Crippen LogP) is 2.03. The summed E-state index contributed by atoms with van der Waals surface area (Å²) in [6, 6.07) is 8.46. The number of nitrogens with one attached hydrogen (secondary N) is 1.